The van der Waals surface area contributed by atoms with Crippen molar-refractivity contribution in [2.24, 2.45) is 0 Å². The van der Waals surface area contributed by atoms with Gasteiger partial charge < -0.3 is 19.3 Å². The minimum atomic E-state index is -0.653. The van der Waals surface area contributed by atoms with Gasteiger partial charge in [-0.15, -0.1) is 0 Å². The number of hydrogen-bond donors (Lipinski definition) is 1. The van der Waals surface area contributed by atoms with Gasteiger partial charge in [0.25, 0.3) is 11.8 Å². The molecule has 0 radical (unpaired) electrons. The molecule has 1 N–H and O–H groups in total. The SMILES string of the molecule is Cc1cc(OCC(=O)OCC(=O)Nc2ccc3c(c2)CCC3)no1. The number of amides is 1. The molecule has 1 aliphatic rings. The molecule has 126 valence electrons. The van der Waals surface area contributed by atoms with E-state index in [-0.39, 0.29) is 19.1 Å². The molecule has 24 heavy (non-hydrogen) atoms. The smallest absolute Gasteiger partial charge is 0.344 e. The van der Waals surface area contributed by atoms with E-state index in [9.17, 15) is 9.59 Å². The Morgan fingerprint density at radius 2 is 2.04 bits per heavy atom. The molecule has 0 fully saturated rings. The standard InChI is InChI=1S/C17H18N2O5/c1-11-7-16(19-24-11)22-10-17(21)23-9-15(20)18-14-6-5-12-3-2-4-13(12)8-14/h5-8H,2-4,9-10H2,1H3,(H,18,20). The summed E-state index contributed by atoms with van der Waals surface area (Å²) in [5, 5.41) is 6.30. The Balaban J connectivity index is 1.41. The molecule has 0 saturated heterocycles. The fraction of sp³-hybridized carbons (Fsp3) is 0.353. The number of carbonyl (C=O) groups is 2. The quantitative estimate of drug-likeness (QED) is 0.815. The third-order valence-electron chi connectivity index (χ3n) is 3.69. The van der Waals surface area contributed by atoms with Crippen LogP contribution in [0.3, 0.4) is 0 Å². The number of nitrogens with zero attached hydrogens (tertiary/aromatic N) is 1. The third-order valence-corrected chi connectivity index (χ3v) is 3.69. The number of hydrogen-bond acceptors (Lipinski definition) is 6. The molecule has 0 saturated carbocycles. The van der Waals surface area contributed by atoms with Crippen LogP contribution in [0.5, 0.6) is 5.88 Å². The highest BCUT2D eigenvalue weighted by Crippen LogP contribution is 2.24. The van der Waals surface area contributed by atoms with Gasteiger partial charge in [-0.05, 0) is 54.6 Å². The molecular formula is C17H18N2O5. The van der Waals surface area contributed by atoms with Crippen LogP contribution in [0.1, 0.15) is 23.3 Å². The van der Waals surface area contributed by atoms with E-state index in [4.69, 9.17) is 14.0 Å². The van der Waals surface area contributed by atoms with Crippen molar-refractivity contribution in [3.8, 4) is 5.88 Å². The zero-order chi connectivity index (χ0) is 16.9. The zero-order valence-corrected chi connectivity index (χ0v) is 13.3. The summed E-state index contributed by atoms with van der Waals surface area (Å²) >= 11 is 0. The molecule has 1 aliphatic carbocycles. The average Bonchev–Trinajstić information content (AvgIpc) is 3.19. The molecule has 0 spiro atoms. The first-order valence-electron chi connectivity index (χ1n) is 7.73. The van der Waals surface area contributed by atoms with Crippen molar-refractivity contribution in [3.63, 3.8) is 0 Å². The second-order valence-corrected chi connectivity index (χ2v) is 5.61. The van der Waals surface area contributed by atoms with E-state index < -0.39 is 11.9 Å². The summed E-state index contributed by atoms with van der Waals surface area (Å²) in [6, 6.07) is 7.41. The van der Waals surface area contributed by atoms with Gasteiger partial charge in [0.1, 0.15) is 5.76 Å². The summed E-state index contributed by atoms with van der Waals surface area (Å²) in [4.78, 5) is 23.4. The number of esters is 1. The highest BCUT2D eigenvalue weighted by Gasteiger charge is 2.13. The minimum absolute atomic E-state index is 0.201. The number of carbonyl (C=O) groups excluding carboxylic acids is 2. The number of rotatable bonds is 6. The monoisotopic (exact) mass is 330 g/mol. The van der Waals surface area contributed by atoms with Crippen LogP contribution in [0, 0.1) is 6.92 Å². The van der Waals surface area contributed by atoms with Gasteiger partial charge in [-0.2, -0.15) is 0 Å². The molecule has 1 amide bonds. The maximum atomic E-state index is 11.8. The lowest BCUT2D eigenvalue weighted by atomic mass is 10.1. The molecule has 1 aromatic heterocycles. The van der Waals surface area contributed by atoms with Gasteiger partial charge in [0.15, 0.2) is 13.2 Å². The van der Waals surface area contributed by atoms with Crippen molar-refractivity contribution < 1.29 is 23.6 Å². The van der Waals surface area contributed by atoms with Crippen molar-refractivity contribution in [2.45, 2.75) is 26.2 Å². The number of aryl methyl sites for hydroxylation is 3. The van der Waals surface area contributed by atoms with Crippen molar-refractivity contribution in [1.82, 2.24) is 5.16 Å². The molecule has 0 bridgehead atoms. The largest absolute Gasteiger partial charge is 0.463 e. The van der Waals surface area contributed by atoms with Gasteiger partial charge in [0.05, 0.1) is 0 Å². The van der Waals surface area contributed by atoms with Crippen molar-refractivity contribution in [1.29, 1.82) is 0 Å². The Bertz CT molecular complexity index is 753. The minimum Gasteiger partial charge on any atom is -0.463 e. The molecule has 3 rings (SSSR count). The molecule has 7 heteroatoms. The van der Waals surface area contributed by atoms with Crippen LogP contribution in [0.2, 0.25) is 0 Å². The zero-order valence-electron chi connectivity index (χ0n) is 13.3. The van der Waals surface area contributed by atoms with Gasteiger partial charge in [0.2, 0.25) is 0 Å². The number of anilines is 1. The first-order chi connectivity index (χ1) is 11.6. The number of nitrogens with one attached hydrogen (secondary N) is 1. The fourth-order valence-electron chi connectivity index (χ4n) is 2.58. The number of ether oxygens (including phenoxy) is 2. The Morgan fingerprint density at radius 1 is 1.21 bits per heavy atom. The van der Waals surface area contributed by atoms with Crippen LogP contribution in [0.25, 0.3) is 0 Å². The molecule has 7 nitrogen and oxygen atoms in total. The third kappa shape index (κ3) is 4.13. The van der Waals surface area contributed by atoms with Crippen molar-refractivity contribution >= 4 is 17.6 Å². The predicted octanol–water partition coefficient (Wildman–Crippen LogP) is 2.03. The van der Waals surface area contributed by atoms with Crippen LogP contribution >= 0.6 is 0 Å². The topological polar surface area (TPSA) is 90.7 Å². The van der Waals surface area contributed by atoms with Crippen molar-refractivity contribution in [3.05, 3.63) is 41.2 Å². The Morgan fingerprint density at radius 3 is 2.83 bits per heavy atom. The van der Waals surface area contributed by atoms with E-state index in [0.717, 1.165) is 19.3 Å². The highest BCUT2D eigenvalue weighted by molar-refractivity contribution is 5.93. The van der Waals surface area contributed by atoms with E-state index in [1.54, 1.807) is 13.0 Å². The van der Waals surface area contributed by atoms with E-state index in [0.29, 0.717) is 11.4 Å². The van der Waals surface area contributed by atoms with Gasteiger partial charge in [-0.3, -0.25) is 4.79 Å². The molecule has 1 heterocycles. The first-order valence-corrected chi connectivity index (χ1v) is 7.73. The van der Waals surface area contributed by atoms with E-state index >= 15 is 0 Å². The lowest BCUT2D eigenvalue weighted by molar-refractivity contribution is -0.149. The van der Waals surface area contributed by atoms with Gasteiger partial charge >= 0.3 is 5.97 Å². The van der Waals surface area contributed by atoms with E-state index in [2.05, 4.69) is 10.5 Å². The summed E-state index contributed by atoms with van der Waals surface area (Å²) in [5.74, 6) is -0.266. The van der Waals surface area contributed by atoms with Gasteiger partial charge in [-0.25, -0.2) is 4.79 Å². The van der Waals surface area contributed by atoms with Crippen LogP contribution in [0.15, 0.2) is 28.8 Å². The number of aromatic nitrogens is 1. The van der Waals surface area contributed by atoms with E-state index in [1.165, 1.54) is 11.1 Å². The normalized spacial score (nSPS) is 12.5. The summed E-state index contributed by atoms with van der Waals surface area (Å²) in [6.07, 6.45) is 3.27. The summed E-state index contributed by atoms with van der Waals surface area (Å²) < 4.78 is 14.7. The van der Waals surface area contributed by atoms with Crippen LogP contribution in [0.4, 0.5) is 5.69 Å². The second-order valence-electron chi connectivity index (χ2n) is 5.61. The summed E-state index contributed by atoms with van der Waals surface area (Å²) in [6.45, 7) is 1.01. The Hall–Kier alpha value is -2.83. The van der Waals surface area contributed by atoms with E-state index in [1.807, 2.05) is 18.2 Å². The van der Waals surface area contributed by atoms with Crippen LogP contribution in [-0.2, 0) is 27.2 Å². The van der Waals surface area contributed by atoms with Gasteiger partial charge in [0, 0.05) is 11.8 Å². The maximum absolute atomic E-state index is 11.8. The average molecular weight is 330 g/mol. The number of fused-ring (bicyclic) bond motifs is 1. The molecular weight excluding hydrogens is 312 g/mol. The highest BCUT2D eigenvalue weighted by atomic mass is 16.6. The molecule has 0 aliphatic heterocycles. The second kappa shape index (κ2) is 7.16. The lowest BCUT2D eigenvalue weighted by Crippen LogP contribution is -2.23. The maximum Gasteiger partial charge on any atom is 0.344 e. The molecule has 0 atom stereocenters. The molecule has 0 unspecified atom stereocenters. The predicted molar refractivity (Wildman–Crippen MR) is 84.8 cm³/mol. The van der Waals surface area contributed by atoms with Crippen LogP contribution in [-0.4, -0.2) is 30.2 Å². The Labute approximate surface area is 138 Å². The van der Waals surface area contributed by atoms with Crippen LogP contribution < -0.4 is 10.1 Å². The fourth-order valence-corrected chi connectivity index (χ4v) is 2.58. The summed E-state index contributed by atoms with van der Waals surface area (Å²) in [5.41, 5.74) is 3.31. The van der Waals surface area contributed by atoms with Crippen molar-refractivity contribution in [2.75, 3.05) is 18.5 Å². The molecule has 1 aromatic carbocycles. The number of benzene rings is 1. The first kappa shape index (κ1) is 16.0. The van der Waals surface area contributed by atoms with Gasteiger partial charge in [-0.1, -0.05) is 6.07 Å². The lowest BCUT2D eigenvalue weighted by Gasteiger charge is -2.08. The molecule has 2 aromatic rings. The Kier molecular flexibility index (Phi) is 4.79. The summed E-state index contributed by atoms with van der Waals surface area (Å²) in [7, 11) is 0.